The fourth-order valence-corrected chi connectivity index (χ4v) is 1.79. The lowest BCUT2D eigenvalue weighted by molar-refractivity contribution is -0.137. The summed E-state index contributed by atoms with van der Waals surface area (Å²) in [5.74, 6) is 0.615. The minimum atomic E-state index is -4.28. The third-order valence-corrected chi connectivity index (χ3v) is 2.93. The number of hydrogen-bond donors (Lipinski definition) is 1. The van der Waals surface area contributed by atoms with E-state index >= 15 is 0 Å². The van der Waals surface area contributed by atoms with E-state index in [9.17, 15) is 13.2 Å². The van der Waals surface area contributed by atoms with Gasteiger partial charge < -0.3 is 5.73 Å². The van der Waals surface area contributed by atoms with Crippen LogP contribution < -0.4 is 5.73 Å². The van der Waals surface area contributed by atoms with E-state index in [1.807, 2.05) is 0 Å². The van der Waals surface area contributed by atoms with Crippen molar-refractivity contribution in [1.82, 2.24) is 0 Å². The first-order valence-electron chi connectivity index (χ1n) is 5.39. The van der Waals surface area contributed by atoms with E-state index in [0.29, 0.717) is 11.5 Å². The van der Waals surface area contributed by atoms with Gasteiger partial charge in [0.05, 0.1) is 5.56 Å². The van der Waals surface area contributed by atoms with Crippen LogP contribution in [0.25, 0.3) is 0 Å². The van der Waals surface area contributed by atoms with Gasteiger partial charge in [-0.05, 0) is 30.0 Å². The summed E-state index contributed by atoms with van der Waals surface area (Å²) in [6.07, 6.45) is -1.17. The molecule has 2 N–H and O–H groups in total. The van der Waals surface area contributed by atoms with Gasteiger partial charge in [-0.1, -0.05) is 25.0 Å². The van der Waals surface area contributed by atoms with Crippen LogP contribution in [0.1, 0.15) is 36.4 Å². The minimum Gasteiger partial charge on any atom is -0.324 e. The molecule has 0 heterocycles. The van der Waals surface area contributed by atoms with E-state index in [-0.39, 0.29) is 18.4 Å². The summed E-state index contributed by atoms with van der Waals surface area (Å²) < 4.78 is 37.4. The standard InChI is InChI=1S/C12H14F3N.ClH/c13-12(14,15)10-3-1-2-9(7-10)11(16)6-8-4-5-8;/h1-3,7-8,11H,4-6,16H2;1H/t11-;/m0./s1. The molecule has 1 aromatic rings. The Morgan fingerprint density at radius 1 is 1.29 bits per heavy atom. The normalized spacial score (nSPS) is 17.4. The molecule has 2 rings (SSSR count). The fourth-order valence-electron chi connectivity index (χ4n) is 1.79. The van der Waals surface area contributed by atoms with Crippen molar-refractivity contribution in [3.8, 4) is 0 Å². The van der Waals surface area contributed by atoms with Crippen LogP contribution in [0, 0.1) is 5.92 Å². The van der Waals surface area contributed by atoms with E-state index in [2.05, 4.69) is 0 Å². The van der Waals surface area contributed by atoms with Crippen LogP contribution in [0.15, 0.2) is 24.3 Å². The second kappa shape index (κ2) is 5.27. The van der Waals surface area contributed by atoms with Gasteiger partial charge in [0.2, 0.25) is 0 Å². The molecule has 96 valence electrons. The van der Waals surface area contributed by atoms with E-state index < -0.39 is 11.7 Å². The summed E-state index contributed by atoms with van der Waals surface area (Å²) in [5.41, 5.74) is 5.85. The first-order valence-corrected chi connectivity index (χ1v) is 5.39. The molecule has 0 aliphatic heterocycles. The highest BCUT2D eigenvalue weighted by Gasteiger charge is 2.31. The summed E-state index contributed by atoms with van der Waals surface area (Å²) >= 11 is 0. The Balaban J connectivity index is 0.00000144. The maximum atomic E-state index is 12.5. The van der Waals surface area contributed by atoms with Gasteiger partial charge in [0.25, 0.3) is 0 Å². The lowest BCUT2D eigenvalue weighted by atomic mass is 10.00. The molecule has 1 saturated carbocycles. The average molecular weight is 266 g/mol. The number of rotatable bonds is 3. The first kappa shape index (κ1) is 14.3. The van der Waals surface area contributed by atoms with E-state index in [1.165, 1.54) is 6.07 Å². The molecule has 1 aromatic carbocycles. The van der Waals surface area contributed by atoms with Gasteiger partial charge in [-0.2, -0.15) is 13.2 Å². The van der Waals surface area contributed by atoms with Crippen LogP contribution >= 0.6 is 12.4 Å². The van der Waals surface area contributed by atoms with Gasteiger partial charge in [-0.25, -0.2) is 0 Å². The van der Waals surface area contributed by atoms with Crippen molar-refractivity contribution in [2.45, 2.75) is 31.5 Å². The Morgan fingerprint density at radius 3 is 2.47 bits per heavy atom. The topological polar surface area (TPSA) is 26.0 Å². The van der Waals surface area contributed by atoms with Crippen molar-refractivity contribution < 1.29 is 13.2 Å². The number of hydrogen-bond acceptors (Lipinski definition) is 1. The molecule has 1 fully saturated rings. The van der Waals surface area contributed by atoms with Crippen molar-refractivity contribution in [3.63, 3.8) is 0 Å². The largest absolute Gasteiger partial charge is 0.416 e. The second-order valence-corrected chi connectivity index (χ2v) is 4.41. The van der Waals surface area contributed by atoms with Gasteiger partial charge in [0.1, 0.15) is 0 Å². The van der Waals surface area contributed by atoms with Gasteiger partial charge in [-0.3, -0.25) is 0 Å². The molecule has 1 aliphatic rings. The third kappa shape index (κ3) is 3.89. The molecule has 0 unspecified atom stereocenters. The van der Waals surface area contributed by atoms with Crippen LogP contribution in [0.5, 0.6) is 0 Å². The molecule has 1 aliphatic carbocycles. The molecule has 0 aromatic heterocycles. The highest BCUT2D eigenvalue weighted by atomic mass is 35.5. The van der Waals surface area contributed by atoms with Crippen LogP contribution in [0.3, 0.4) is 0 Å². The van der Waals surface area contributed by atoms with Crippen molar-refractivity contribution >= 4 is 12.4 Å². The van der Waals surface area contributed by atoms with Crippen LogP contribution in [0.4, 0.5) is 13.2 Å². The molecule has 0 saturated heterocycles. The second-order valence-electron chi connectivity index (χ2n) is 4.41. The number of halogens is 4. The van der Waals surface area contributed by atoms with Crippen molar-refractivity contribution in [3.05, 3.63) is 35.4 Å². The first-order chi connectivity index (χ1) is 7.47. The number of alkyl halides is 3. The fraction of sp³-hybridized carbons (Fsp3) is 0.500. The lowest BCUT2D eigenvalue weighted by Gasteiger charge is -2.14. The number of benzene rings is 1. The maximum absolute atomic E-state index is 12.5. The molecule has 0 bridgehead atoms. The predicted octanol–water partition coefficient (Wildman–Crippen LogP) is 3.93. The molecule has 0 spiro atoms. The van der Waals surface area contributed by atoms with Gasteiger partial charge >= 0.3 is 6.18 Å². The van der Waals surface area contributed by atoms with Gasteiger partial charge in [0, 0.05) is 6.04 Å². The van der Waals surface area contributed by atoms with E-state index in [0.717, 1.165) is 31.4 Å². The molecule has 5 heteroatoms. The zero-order chi connectivity index (χ0) is 11.8. The Morgan fingerprint density at radius 2 is 1.94 bits per heavy atom. The maximum Gasteiger partial charge on any atom is 0.416 e. The SMILES string of the molecule is Cl.N[C@@H](CC1CC1)c1cccc(C(F)(F)F)c1. The summed E-state index contributed by atoms with van der Waals surface area (Å²) in [5, 5.41) is 0. The van der Waals surface area contributed by atoms with Crippen LogP contribution in [-0.2, 0) is 6.18 Å². The van der Waals surface area contributed by atoms with Crippen molar-refractivity contribution in [2.24, 2.45) is 11.7 Å². The molecule has 1 nitrogen and oxygen atoms in total. The van der Waals surface area contributed by atoms with E-state index in [1.54, 1.807) is 6.07 Å². The highest BCUT2D eigenvalue weighted by molar-refractivity contribution is 5.85. The molecule has 0 amide bonds. The average Bonchev–Trinajstić information content (AvgIpc) is 3.00. The Hall–Kier alpha value is -0.740. The zero-order valence-corrected chi connectivity index (χ0v) is 10.0. The van der Waals surface area contributed by atoms with E-state index in [4.69, 9.17) is 5.73 Å². The summed E-state index contributed by atoms with van der Waals surface area (Å²) in [6.45, 7) is 0. The molecule has 17 heavy (non-hydrogen) atoms. The number of nitrogens with two attached hydrogens (primary N) is 1. The Bertz CT molecular complexity index is 374. The smallest absolute Gasteiger partial charge is 0.324 e. The Kier molecular flexibility index (Phi) is 4.44. The Labute approximate surface area is 105 Å². The highest BCUT2D eigenvalue weighted by Crippen LogP contribution is 2.37. The third-order valence-electron chi connectivity index (χ3n) is 2.93. The van der Waals surface area contributed by atoms with Gasteiger partial charge in [-0.15, -0.1) is 12.4 Å². The van der Waals surface area contributed by atoms with Gasteiger partial charge in [0.15, 0.2) is 0 Å². The lowest BCUT2D eigenvalue weighted by Crippen LogP contribution is -2.13. The minimum absolute atomic E-state index is 0. The van der Waals surface area contributed by atoms with Crippen molar-refractivity contribution in [1.29, 1.82) is 0 Å². The van der Waals surface area contributed by atoms with Crippen molar-refractivity contribution in [2.75, 3.05) is 0 Å². The zero-order valence-electron chi connectivity index (χ0n) is 9.20. The molecular formula is C12H15ClF3N. The quantitative estimate of drug-likeness (QED) is 0.881. The predicted molar refractivity (Wildman–Crippen MR) is 63.0 cm³/mol. The monoisotopic (exact) mass is 265 g/mol. The molecular weight excluding hydrogens is 251 g/mol. The molecule has 0 radical (unpaired) electrons. The summed E-state index contributed by atoms with van der Waals surface area (Å²) in [6, 6.07) is 5.06. The molecule has 1 atom stereocenters. The summed E-state index contributed by atoms with van der Waals surface area (Å²) in [4.78, 5) is 0. The van der Waals surface area contributed by atoms with Crippen LogP contribution in [-0.4, -0.2) is 0 Å². The summed E-state index contributed by atoms with van der Waals surface area (Å²) in [7, 11) is 0. The van der Waals surface area contributed by atoms with Crippen LogP contribution in [0.2, 0.25) is 0 Å².